The van der Waals surface area contributed by atoms with Gasteiger partial charge in [-0.1, -0.05) is 42.1 Å². The molecular formula is C12H12N2O3S. The molecule has 1 fully saturated rings. The minimum atomic E-state index is -0.603. The van der Waals surface area contributed by atoms with Crippen LogP contribution < -0.4 is 10.6 Å². The van der Waals surface area contributed by atoms with Crippen molar-refractivity contribution in [1.82, 2.24) is 10.6 Å². The van der Waals surface area contributed by atoms with Crippen LogP contribution in [0.1, 0.15) is 12.0 Å². The monoisotopic (exact) mass is 264 g/mol. The number of carbonyl (C=O) groups excluding carboxylic acids is 3. The van der Waals surface area contributed by atoms with Gasteiger partial charge in [-0.25, -0.2) is 0 Å². The average molecular weight is 264 g/mol. The van der Waals surface area contributed by atoms with Gasteiger partial charge < -0.3 is 5.32 Å². The Morgan fingerprint density at radius 1 is 1.28 bits per heavy atom. The molecule has 6 heteroatoms. The fourth-order valence-electron chi connectivity index (χ4n) is 1.56. The van der Waals surface area contributed by atoms with Crippen LogP contribution in [0.25, 0.3) is 0 Å². The highest BCUT2D eigenvalue weighted by molar-refractivity contribution is 8.15. The predicted molar refractivity (Wildman–Crippen MR) is 67.8 cm³/mol. The van der Waals surface area contributed by atoms with Crippen LogP contribution >= 0.6 is 11.8 Å². The van der Waals surface area contributed by atoms with E-state index in [2.05, 4.69) is 10.6 Å². The third kappa shape index (κ3) is 3.33. The van der Waals surface area contributed by atoms with E-state index in [1.807, 2.05) is 30.3 Å². The summed E-state index contributed by atoms with van der Waals surface area (Å²) < 4.78 is 0. The third-order valence-corrected chi connectivity index (χ3v) is 3.45. The lowest BCUT2D eigenvalue weighted by Gasteiger charge is -2.07. The Labute approximate surface area is 108 Å². The summed E-state index contributed by atoms with van der Waals surface area (Å²) in [5.74, 6) is -0.624. The lowest BCUT2D eigenvalue weighted by Crippen LogP contribution is -2.30. The number of hydrogen-bond acceptors (Lipinski definition) is 4. The van der Waals surface area contributed by atoms with E-state index in [1.54, 1.807) is 0 Å². The van der Waals surface area contributed by atoms with E-state index in [4.69, 9.17) is 0 Å². The van der Waals surface area contributed by atoms with Crippen molar-refractivity contribution < 1.29 is 14.4 Å². The molecular weight excluding hydrogens is 252 g/mol. The number of benzene rings is 1. The molecule has 1 aliphatic heterocycles. The summed E-state index contributed by atoms with van der Waals surface area (Å²) >= 11 is 0.863. The molecule has 1 aromatic rings. The summed E-state index contributed by atoms with van der Waals surface area (Å²) in [5, 5.41) is 3.88. The van der Waals surface area contributed by atoms with Gasteiger partial charge in [0.25, 0.3) is 5.24 Å². The largest absolute Gasteiger partial charge is 0.352 e. The summed E-state index contributed by atoms with van der Waals surface area (Å²) in [4.78, 5) is 33.8. The fourth-order valence-corrected chi connectivity index (χ4v) is 2.38. The van der Waals surface area contributed by atoms with Crippen molar-refractivity contribution in [3.8, 4) is 0 Å². The molecule has 2 N–H and O–H groups in total. The van der Waals surface area contributed by atoms with Gasteiger partial charge in [0, 0.05) is 13.0 Å². The van der Waals surface area contributed by atoms with E-state index >= 15 is 0 Å². The minimum absolute atomic E-state index is 0.0229. The molecule has 0 aliphatic carbocycles. The van der Waals surface area contributed by atoms with E-state index < -0.39 is 5.25 Å². The van der Waals surface area contributed by atoms with Crippen molar-refractivity contribution in [3.05, 3.63) is 35.9 Å². The molecule has 94 valence electrons. The number of nitrogens with one attached hydrogen (secondary N) is 2. The van der Waals surface area contributed by atoms with E-state index in [0.29, 0.717) is 6.54 Å². The van der Waals surface area contributed by atoms with E-state index in [9.17, 15) is 14.4 Å². The number of thioether (sulfide) groups is 1. The van der Waals surface area contributed by atoms with Crippen LogP contribution in [-0.4, -0.2) is 22.3 Å². The molecule has 0 aromatic heterocycles. The second-order valence-electron chi connectivity index (χ2n) is 3.85. The van der Waals surface area contributed by atoms with Gasteiger partial charge in [0.1, 0.15) is 5.25 Å². The SMILES string of the molecule is O=C(C[C@@H]1SC(=O)NC1=O)NCc1ccccc1. The van der Waals surface area contributed by atoms with Crippen molar-refractivity contribution in [3.63, 3.8) is 0 Å². The van der Waals surface area contributed by atoms with E-state index in [1.165, 1.54) is 0 Å². The summed E-state index contributed by atoms with van der Waals surface area (Å²) in [6.45, 7) is 0.423. The molecule has 5 nitrogen and oxygen atoms in total. The van der Waals surface area contributed by atoms with Crippen molar-refractivity contribution >= 4 is 28.8 Å². The van der Waals surface area contributed by atoms with Crippen LogP contribution in [-0.2, 0) is 16.1 Å². The van der Waals surface area contributed by atoms with Gasteiger partial charge in [0.2, 0.25) is 11.8 Å². The smallest absolute Gasteiger partial charge is 0.286 e. The van der Waals surface area contributed by atoms with Crippen LogP contribution in [0.4, 0.5) is 4.79 Å². The van der Waals surface area contributed by atoms with Gasteiger partial charge in [-0.2, -0.15) is 0 Å². The Balaban J connectivity index is 1.79. The molecule has 1 atom stereocenters. The standard InChI is InChI=1S/C12H12N2O3S/c15-10(6-9-11(16)14-12(17)18-9)13-7-8-4-2-1-3-5-8/h1-5,9H,6-7H2,(H,13,15)(H,14,16,17)/t9-/m0/s1. The molecule has 0 spiro atoms. The van der Waals surface area contributed by atoms with E-state index in [-0.39, 0.29) is 23.5 Å². The zero-order valence-electron chi connectivity index (χ0n) is 9.51. The molecule has 18 heavy (non-hydrogen) atoms. The van der Waals surface area contributed by atoms with Crippen molar-refractivity contribution in [1.29, 1.82) is 0 Å². The summed E-state index contributed by atoms with van der Waals surface area (Å²) in [7, 11) is 0. The molecule has 0 saturated carbocycles. The third-order valence-electron chi connectivity index (χ3n) is 2.47. The maximum Gasteiger partial charge on any atom is 0.286 e. The van der Waals surface area contributed by atoms with Crippen LogP contribution in [0.2, 0.25) is 0 Å². The Kier molecular flexibility index (Phi) is 3.99. The van der Waals surface area contributed by atoms with Crippen LogP contribution in [0.3, 0.4) is 0 Å². The number of imide groups is 1. The van der Waals surface area contributed by atoms with Crippen molar-refractivity contribution in [2.75, 3.05) is 0 Å². The first-order valence-corrected chi connectivity index (χ1v) is 6.35. The highest BCUT2D eigenvalue weighted by atomic mass is 32.2. The Morgan fingerprint density at radius 2 is 2.00 bits per heavy atom. The highest BCUT2D eigenvalue weighted by Crippen LogP contribution is 2.21. The van der Waals surface area contributed by atoms with Crippen LogP contribution in [0, 0.1) is 0 Å². The first kappa shape index (κ1) is 12.6. The van der Waals surface area contributed by atoms with Gasteiger partial charge in [0.15, 0.2) is 0 Å². The second-order valence-corrected chi connectivity index (χ2v) is 5.03. The van der Waals surface area contributed by atoms with Gasteiger partial charge in [-0.05, 0) is 5.56 Å². The number of carbonyl (C=O) groups is 3. The lowest BCUT2D eigenvalue weighted by atomic mass is 10.2. The molecule has 0 bridgehead atoms. The normalized spacial score (nSPS) is 18.6. The summed E-state index contributed by atoms with van der Waals surface area (Å²) in [5.41, 5.74) is 0.991. The summed E-state index contributed by atoms with van der Waals surface area (Å²) in [6.07, 6.45) is 0.0229. The molecule has 2 rings (SSSR count). The average Bonchev–Trinajstić information content (AvgIpc) is 2.67. The number of amides is 3. The maximum absolute atomic E-state index is 11.6. The molecule has 1 heterocycles. The van der Waals surface area contributed by atoms with Gasteiger partial charge in [-0.3, -0.25) is 19.7 Å². The second kappa shape index (κ2) is 5.68. The minimum Gasteiger partial charge on any atom is -0.352 e. The van der Waals surface area contributed by atoms with Gasteiger partial charge in [-0.15, -0.1) is 0 Å². The Bertz CT molecular complexity index is 475. The number of rotatable bonds is 4. The highest BCUT2D eigenvalue weighted by Gasteiger charge is 2.33. The van der Waals surface area contributed by atoms with Crippen molar-refractivity contribution in [2.45, 2.75) is 18.2 Å². The molecule has 1 aliphatic rings. The zero-order chi connectivity index (χ0) is 13.0. The first-order chi connectivity index (χ1) is 8.65. The molecule has 1 saturated heterocycles. The number of hydrogen-bond donors (Lipinski definition) is 2. The quantitative estimate of drug-likeness (QED) is 0.852. The predicted octanol–water partition coefficient (Wildman–Crippen LogP) is 1.04. The van der Waals surface area contributed by atoms with Crippen molar-refractivity contribution in [2.24, 2.45) is 0 Å². The fraction of sp³-hybridized carbons (Fsp3) is 0.250. The first-order valence-electron chi connectivity index (χ1n) is 5.47. The Hall–Kier alpha value is -1.82. The molecule has 0 unspecified atom stereocenters. The Morgan fingerprint density at radius 3 is 2.61 bits per heavy atom. The molecule has 0 radical (unpaired) electrons. The topological polar surface area (TPSA) is 75.3 Å². The van der Waals surface area contributed by atoms with Crippen LogP contribution in [0.15, 0.2) is 30.3 Å². The van der Waals surface area contributed by atoms with Crippen LogP contribution in [0.5, 0.6) is 0 Å². The summed E-state index contributed by atoms with van der Waals surface area (Å²) in [6, 6.07) is 9.49. The van der Waals surface area contributed by atoms with Gasteiger partial charge in [0.05, 0.1) is 0 Å². The maximum atomic E-state index is 11.6. The lowest BCUT2D eigenvalue weighted by molar-refractivity contribution is -0.125. The van der Waals surface area contributed by atoms with Gasteiger partial charge >= 0.3 is 0 Å². The molecule has 1 aromatic carbocycles. The van der Waals surface area contributed by atoms with E-state index in [0.717, 1.165) is 17.3 Å². The zero-order valence-corrected chi connectivity index (χ0v) is 10.3. The molecule has 3 amide bonds.